The Hall–Kier alpha value is -2.53. The van der Waals surface area contributed by atoms with Crippen LogP contribution in [0.3, 0.4) is 0 Å². The van der Waals surface area contributed by atoms with Gasteiger partial charge in [0.25, 0.3) is 5.91 Å². The number of hydrogen-bond donors (Lipinski definition) is 1. The molecule has 0 radical (unpaired) electrons. The van der Waals surface area contributed by atoms with E-state index < -0.39 is 0 Å². The molecule has 3 rings (SSSR count). The minimum Gasteiger partial charge on any atom is -0.335 e. The number of nitrogens with one attached hydrogen (secondary N) is 1. The zero-order chi connectivity index (χ0) is 16.9. The Bertz CT molecular complexity index is 728. The van der Waals surface area contributed by atoms with Gasteiger partial charge in [-0.05, 0) is 30.3 Å². The number of hydrogen-bond acceptors (Lipinski definition) is 2. The lowest BCUT2D eigenvalue weighted by atomic mass is 10.2. The summed E-state index contributed by atoms with van der Waals surface area (Å²) in [4.78, 5) is 28.2. The van der Waals surface area contributed by atoms with Crippen molar-refractivity contribution in [2.24, 2.45) is 0 Å². The van der Waals surface area contributed by atoms with Gasteiger partial charge in [-0.25, -0.2) is 4.79 Å². The second-order valence-corrected chi connectivity index (χ2v) is 6.02. The zero-order valence-corrected chi connectivity index (χ0v) is 13.9. The molecule has 0 aromatic heterocycles. The molecule has 1 N–H and O–H groups in total. The van der Waals surface area contributed by atoms with Gasteiger partial charge in [0.05, 0.1) is 0 Å². The van der Waals surface area contributed by atoms with Crippen molar-refractivity contribution in [2.75, 3.05) is 31.5 Å². The molecule has 1 fully saturated rings. The molecule has 2 aromatic carbocycles. The smallest absolute Gasteiger partial charge is 0.321 e. The molecule has 1 heterocycles. The van der Waals surface area contributed by atoms with E-state index in [1.807, 2.05) is 18.2 Å². The van der Waals surface area contributed by atoms with Gasteiger partial charge in [-0.1, -0.05) is 35.9 Å². The molecule has 24 heavy (non-hydrogen) atoms. The number of carbonyl (C=O) groups is 2. The summed E-state index contributed by atoms with van der Waals surface area (Å²) in [6, 6.07) is 16.1. The van der Waals surface area contributed by atoms with E-state index in [1.165, 1.54) is 0 Å². The van der Waals surface area contributed by atoms with Gasteiger partial charge in [0, 0.05) is 42.5 Å². The van der Waals surface area contributed by atoms with Crippen molar-refractivity contribution in [3.63, 3.8) is 0 Å². The van der Waals surface area contributed by atoms with Gasteiger partial charge < -0.3 is 15.1 Å². The van der Waals surface area contributed by atoms with E-state index in [4.69, 9.17) is 11.6 Å². The number of carbonyl (C=O) groups excluding carboxylic acids is 2. The van der Waals surface area contributed by atoms with Crippen LogP contribution in [-0.4, -0.2) is 47.9 Å². The Morgan fingerprint density at radius 1 is 0.875 bits per heavy atom. The second kappa shape index (κ2) is 7.36. The molecule has 3 amide bonds. The Labute approximate surface area is 145 Å². The molecule has 1 saturated heterocycles. The van der Waals surface area contributed by atoms with Gasteiger partial charge in [0.1, 0.15) is 0 Å². The van der Waals surface area contributed by atoms with Crippen molar-refractivity contribution >= 4 is 29.2 Å². The monoisotopic (exact) mass is 343 g/mol. The zero-order valence-electron chi connectivity index (χ0n) is 13.1. The van der Waals surface area contributed by atoms with Gasteiger partial charge in [-0.15, -0.1) is 0 Å². The summed E-state index contributed by atoms with van der Waals surface area (Å²) < 4.78 is 0. The lowest BCUT2D eigenvalue weighted by Crippen LogP contribution is -2.51. The quantitative estimate of drug-likeness (QED) is 0.909. The summed E-state index contributed by atoms with van der Waals surface area (Å²) in [7, 11) is 0. The summed E-state index contributed by atoms with van der Waals surface area (Å²) in [5.41, 5.74) is 1.34. The second-order valence-electron chi connectivity index (χ2n) is 5.59. The average Bonchev–Trinajstić information content (AvgIpc) is 2.62. The minimum atomic E-state index is -0.177. The third-order valence-corrected chi connectivity index (χ3v) is 4.19. The van der Waals surface area contributed by atoms with Crippen LogP contribution in [0.25, 0.3) is 0 Å². The molecule has 5 nitrogen and oxygen atoms in total. The van der Waals surface area contributed by atoms with Crippen molar-refractivity contribution in [1.29, 1.82) is 0 Å². The van der Waals surface area contributed by atoms with Crippen LogP contribution in [0.1, 0.15) is 10.4 Å². The normalized spacial score (nSPS) is 14.4. The van der Waals surface area contributed by atoms with Gasteiger partial charge >= 0.3 is 6.03 Å². The molecule has 1 aliphatic heterocycles. The van der Waals surface area contributed by atoms with Crippen LogP contribution >= 0.6 is 11.6 Å². The first-order valence-corrected chi connectivity index (χ1v) is 8.17. The van der Waals surface area contributed by atoms with Crippen LogP contribution in [0.5, 0.6) is 0 Å². The molecule has 0 saturated carbocycles. The van der Waals surface area contributed by atoms with E-state index in [0.29, 0.717) is 42.5 Å². The third-order valence-electron chi connectivity index (χ3n) is 3.95. The lowest BCUT2D eigenvalue weighted by Gasteiger charge is -2.34. The fourth-order valence-electron chi connectivity index (χ4n) is 2.64. The fourth-order valence-corrected chi connectivity index (χ4v) is 2.83. The van der Waals surface area contributed by atoms with E-state index in [9.17, 15) is 9.59 Å². The maximum absolute atomic E-state index is 12.4. The molecule has 0 bridgehead atoms. The van der Waals surface area contributed by atoms with Crippen molar-refractivity contribution < 1.29 is 9.59 Å². The van der Waals surface area contributed by atoms with Crippen LogP contribution < -0.4 is 5.32 Å². The summed E-state index contributed by atoms with van der Waals surface area (Å²) >= 11 is 5.92. The van der Waals surface area contributed by atoms with Gasteiger partial charge in [0.15, 0.2) is 0 Å². The highest BCUT2D eigenvalue weighted by molar-refractivity contribution is 6.30. The number of piperazine rings is 1. The van der Waals surface area contributed by atoms with E-state index >= 15 is 0 Å². The van der Waals surface area contributed by atoms with Gasteiger partial charge in [-0.2, -0.15) is 0 Å². The Balaban J connectivity index is 1.55. The van der Waals surface area contributed by atoms with Crippen molar-refractivity contribution in [3.05, 3.63) is 65.2 Å². The van der Waals surface area contributed by atoms with Crippen LogP contribution in [0, 0.1) is 0 Å². The van der Waals surface area contributed by atoms with Gasteiger partial charge in [-0.3, -0.25) is 4.79 Å². The molecular formula is C18H18ClN3O2. The topological polar surface area (TPSA) is 52.7 Å². The average molecular weight is 344 g/mol. The molecular weight excluding hydrogens is 326 g/mol. The fraction of sp³-hybridized carbons (Fsp3) is 0.222. The molecule has 1 aliphatic rings. The van der Waals surface area contributed by atoms with Crippen molar-refractivity contribution in [2.45, 2.75) is 0 Å². The first-order chi connectivity index (χ1) is 11.6. The number of rotatable bonds is 2. The van der Waals surface area contributed by atoms with Crippen molar-refractivity contribution in [3.8, 4) is 0 Å². The maximum Gasteiger partial charge on any atom is 0.321 e. The van der Waals surface area contributed by atoms with Crippen LogP contribution in [-0.2, 0) is 0 Å². The summed E-state index contributed by atoms with van der Waals surface area (Å²) in [5, 5.41) is 3.40. The molecule has 0 unspecified atom stereocenters. The standard InChI is InChI=1S/C18H18ClN3O2/c19-15-7-4-8-16(13-15)20-18(24)22-11-9-21(10-12-22)17(23)14-5-2-1-3-6-14/h1-8,13H,9-12H2,(H,20,24). The number of halogens is 1. The Morgan fingerprint density at radius 2 is 1.54 bits per heavy atom. The molecule has 2 aromatic rings. The number of amides is 3. The first kappa shape index (κ1) is 16.3. The number of urea groups is 1. The molecule has 0 spiro atoms. The lowest BCUT2D eigenvalue weighted by molar-refractivity contribution is 0.0671. The molecule has 6 heteroatoms. The Morgan fingerprint density at radius 3 is 2.21 bits per heavy atom. The number of nitrogens with zero attached hydrogens (tertiary/aromatic N) is 2. The third kappa shape index (κ3) is 3.86. The van der Waals surface area contributed by atoms with E-state index in [-0.39, 0.29) is 11.9 Å². The van der Waals surface area contributed by atoms with Gasteiger partial charge in [0.2, 0.25) is 0 Å². The summed E-state index contributed by atoms with van der Waals surface area (Å²) in [6.07, 6.45) is 0. The van der Waals surface area contributed by atoms with E-state index in [1.54, 1.807) is 46.2 Å². The largest absolute Gasteiger partial charge is 0.335 e. The number of benzene rings is 2. The highest BCUT2D eigenvalue weighted by atomic mass is 35.5. The van der Waals surface area contributed by atoms with Crippen molar-refractivity contribution in [1.82, 2.24) is 9.80 Å². The minimum absolute atomic E-state index is 0.00509. The van der Waals surface area contributed by atoms with E-state index in [2.05, 4.69) is 5.32 Å². The molecule has 0 aliphatic carbocycles. The SMILES string of the molecule is O=C(Nc1cccc(Cl)c1)N1CCN(C(=O)c2ccccc2)CC1. The first-order valence-electron chi connectivity index (χ1n) is 7.79. The van der Waals surface area contributed by atoms with Crippen LogP contribution in [0.4, 0.5) is 10.5 Å². The summed E-state index contributed by atoms with van der Waals surface area (Å²) in [5.74, 6) is 0.00509. The maximum atomic E-state index is 12.4. The highest BCUT2D eigenvalue weighted by Gasteiger charge is 2.24. The van der Waals surface area contributed by atoms with Crippen LogP contribution in [0.15, 0.2) is 54.6 Å². The molecule has 0 atom stereocenters. The molecule has 124 valence electrons. The highest BCUT2D eigenvalue weighted by Crippen LogP contribution is 2.16. The number of anilines is 1. The predicted molar refractivity (Wildman–Crippen MR) is 94.4 cm³/mol. The van der Waals surface area contributed by atoms with Crippen LogP contribution in [0.2, 0.25) is 5.02 Å². The predicted octanol–water partition coefficient (Wildman–Crippen LogP) is 3.33. The summed E-state index contributed by atoms with van der Waals surface area (Å²) in [6.45, 7) is 2.06. The Kier molecular flexibility index (Phi) is 5.01. The van der Waals surface area contributed by atoms with E-state index in [0.717, 1.165) is 0 Å².